The molecule has 1 fully saturated rings. The van der Waals surface area contributed by atoms with Gasteiger partial charge >= 0.3 is 0 Å². The van der Waals surface area contributed by atoms with Gasteiger partial charge in [0.25, 0.3) is 0 Å². The van der Waals surface area contributed by atoms with E-state index in [4.69, 9.17) is 4.99 Å². The zero-order chi connectivity index (χ0) is 22.0. The molecule has 1 aliphatic heterocycles. The molecule has 4 rings (SSSR count). The van der Waals surface area contributed by atoms with Crippen LogP contribution in [0.1, 0.15) is 42.0 Å². The van der Waals surface area contributed by atoms with Gasteiger partial charge in [0.2, 0.25) is 0 Å². The quantitative estimate of drug-likeness (QED) is 0.232. The van der Waals surface area contributed by atoms with E-state index >= 15 is 0 Å². The summed E-state index contributed by atoms with van der Waals surface area (Å²) in [5.41, 5.74) is 5.12. The van der Waals surface area contributed by atoms with Crippen molar-refractivity contribution in [2.24, 2.45) is 4.99 Å². The molecule has 0 radical (unpaired) electrons. The second-order valence-corrected chi connectivity index (χ2v) is 8.32. The lowest BCUT2D eigenvalue weighted by Crippen LogP contribution is -2.37. The summed E-state index contributed by atoms with van der Waals surface area (Å²) in [4.78, 5) is 7.34. The monoisotopic (exact) mass is 558 g/mol. The molecule has 0 spiro atoms. The summed E-state index contributed by atoms with van der Waals surface area (Å²) in [6.07, 6.45) is 6.48. The Hall–Kier alpha value is -2.39. The van der Waals surface area contributed by atoms with E-state index in [1.165, 1.54) is 48.2 Å². The minimum Gasteiger partial charge on any atom is -0.357 e. The Morgan fingerprint density at radius 3 is 2.33 bits per heavy atom. The van der Waals surface area contributed by atoms with Gasteiger partial charge in [-0.1, -0.05) is 48.5 Å². The van der Waals surface area contributed by atoms with Crippen LogP contribution in [0.2, 0.25) is 0 Å². The van der Waals surface area contributed by atoms with Crippen molar-refractivity contribution in [1.82, 2.24) is 25.3 Å². The normalized spacial score (nSPS) is 14.2. The van der Waals surface area contributed by atoms with Gasteiger partial charge in [-0.15, -0.1) is 24.0 Å². The molecule has 0 aliphatic carbocycles. The number of halogens is 1. The maximum atomic E-state index is 4.80. The number of guanidine groups is 1. The first-order valence-corrected chi connectivity index (χ1v) is 11.7. The number of hydrogen-bond donors (Lipinski definition) is 2. The number of aromatic nitrogens is 2. The van der Waals surface area contributed by atoms with E-state index < -0.39 is 0 Å². The second kappa shape index (κ2) is 13.3. The van der Waals surface area contributed by atoms with Crippen molar-refractivity contribution in [3.8, 4) is 0 Å². The van der Waals surface area contributed by atoms with Crippen LogP contribution in [0.3, 0.4) is 0 Å². The molecule has 1 aliphatic rings. The zero-order valence-corrected chi connectivity index (χ0v) is 21.7. The Bertz CT molecular complexity index is 978. The van der Waals surface area contributed by atoms with Crippen LogP contribution < -0.4 is 10.6 Å². The van der Waals surface area contributed by atoms with E-state index in [1.807, 2.05) is 23.1 Å². The molecule has 0 amide bonds. The Morgan fingerprint density at radius 2 is 1.64 bits per heavy atom. The highest BCUT2D eigenvalue weighted by Gasteiger charge is 2.11. The first-order valence-electron chi connectivity index (χ1n) is 11.7. The Labute approximate surface area is 214 Å². The smallest absolute Gasteiger partial charge is 0.191 e. The highest BCUT2D eigenvalue weighted by Crippen LogP contribution is 2.14. The van der Waals surface area contributed by atoms with E-state index in [0.29, 0.717) is 6.54 Å². The average Bonchev–Trinajstić information content (AvgIpc) is 3.52. The van der Waals surface area contributed by atoms with Gasteiger partial charge in [-0.05, 0) is 61.2 Å². The number of likely N-dealkylation sites (tertiary alicyclic amines) is 1. The SMILES string of the molecule is CCNC(=NCc1ccc(CN2CCCC2)cc1)NCc1ccccc1Cn1cccn1.I. The van der Waals surface area contributed by atoms with Gasteiger partial charge in [-0.25, -0.2) is 4.99 Å². The fourth-order valence-electron chi connectivity index (χ4n) is 4.09. The van der Waals surface area contributed by atoms with Gasteiger partial charge in [-0.2, -0.15) is 5.10 Å². The molecule has 0 saturated carbocycles. The van der Waals surface area contributed by atoms with Gasteiger partial charge in [0.15, 0.2) is 5.96 Å². The van der Waals surface area contributed by atoms with Crippen LogP contribution in [-0.4, -0.2) is 40.3 Å². The van der Waals surface area contributed by atoms with Crippen LogP contribution in [0.25, 0.3) is 0 Å². The van der Waals surface area contributed by atoms with E-state index in [0.717, 1.165) is 32.1 Å². The highest BCUT2D eigenvalue weighted by molar-refractivity contribution is 14.0. The molecule has 3 aromatic rings. The molecule has 33 heavy (non-hydrogen) atoms. The lowest BCUT2D eigenvalue weighted by Gasteiger charge is -2.15. The summed E-state index contributed by atoms with van der Waals surface area (Å²) in [6, 6.07) is 19.3. The van der Waals surface area contributed by atoms with E-state index in [1.54, 1.807) is 0 Å². The minimum atomic E-state index is 0. The maximum Gasteiger partial charge on any atom is 0.191 e. The highest BCUT2D eigenvalue weighted by atomic mass is 127. The van der Waals surface area contributed by atoms with Crippen LogP contribution >= 0.6 is 24.0 Å². The molecule has 0 unspecified atom stereocenters. The molecule has 6 nitrogen and oxygen atoms in total. The Morgan fingerprint density at radius 1 is 0.909 bits per heavy atom. The molecular formula is C26H35IN6. The second-order valence-electron chi connectivity index (χ2n) is 8.32. The summed E-state index contributed by atoms with van der Waals surface area (Å²) in [5, 5.41) is 11.2. The molecule has 2 N–H and O–H groups in total. The first-order chi connectivity index (χ1) is 15.8. The van der Waals surface area contributed by atoms with E-state index in [9.17, 15) is 0 Å². The van der Waals surface area contributed by atoms with Crippen LogP contribution in [-0.2, 0) is 26.2 Å². The standard InChI is InChI=1S/C26H34N6.HI/c1-2-27-26(28-18-22-10-12-23(13-11-22)20-31-15-5-6-16-31)29-19-24-8-3-4-9-25(24)21-32-17-7-14-30-32;/h3-4,7-14,17H,2,5-6,15-16,18-21H2,1H3,(H2,27,28,29);1H. The molecule has 1 saturated heterocycles. The molecule has 176 valence electrons. The van der Waals surface area contributed by atoms with Crippen molar-refractivity contribution in [3.05, 3.63) is 89.2 Å². The molecule has 1 aromatic heterocycles. The maximum absolute atomic E-state index is 4.80. The van der Waals surface area contributed by atoms with Gasteiger partial charge in [-0.3, -0.25) is 9.58 Å². The Balaban J connectivity index is 0.00000306. The number of benzene rings is 2. The number of aliphatic imine (C=N–C) groups is 1. The van der Waals surface area contributed by atoms with Crippen LogP contribution in [0.5, 0.6) is 0 Å². The largest absolute Gasteiger partial charge is 0.357 e. The van der Waals surface area contributed by atoms with Crippen molar-refractivity contribution in [2.45, 2.75) is 45.9 Å². The van der Waals surface area contributed by atoms with Crippen molar-refractivity contribution in [1.29, 1.82) is 0 Å². The van der Waals surface area contributed by atoms with Crippen molar-refractivity contribution < 1.29 is 0 Å². The van der Waals surface area contributed by atoms with Gasteiger partial charge in [0.05, 0.1) is 13.1 Å². The lowest BCUT2D eigenvalue weighted by molar-refractivity contribution is 0.331. The zero-order valence-electron chi connectivity index (χ0n) is 19.4. The summed E-state index contributed by atoms with van der Waals surface area (Å²) in [7, 11) is 0. The van der Waals surface area contributed by atoms with Crippen LogP contribution in [0.4, 0.5) is 0 Å². The van der Waals surface area contributed by atoms with E-state index in [2.05, 4.69) is 76.1 Å². The number of nitrogens with zero attached hydrogens (tertiary/aromatic N) is 4. The van der Waals surface area contributed by atoms with Crippen LogP contribution in [0, 0.1) is 0 Å². The molecule has 2 aromatic carbocycles. The minimum absolute atomic E-state index is 0. The molecule has 7 heteroatoms. The third kappa shape index (κ3) is 7.85. The summed E-state index contributed by atoms with van der Waals surface area (Å²) >= 11 is 0. The molecule has 0 bridgehead atoms. The van der Waals surface area contributed by atoms with Crippen LogP contribution in [0.15, 0.2) is 72.0 Å². The predicted octanol–water partition coefficient (Wildman–Crippen LogP) is 4.40. The molecular weight excluding hydrogens is 523 g/mol. The molecule has 0 atom stereocenters. The van der Waals surface area contributed by atoms with Gasteiger partial charge < -0.3 is 10.6 Å². The summed E-state index contributed by atoms with van der Waals surface area (Å²) in [5.74, 6) is 0.836. The predicted molar refractivity (Wildman–Crippen MR) is 146 cm³/mol. The third-order valence-corrected chi connectivity index (χ3v) is 5.85. The topological polar surface area (TPSA) is 57.5 Å². The van der Waals surface area contributed by atoms with E-state index in [-0.39, 0.29) is 24.0 Å². The van der Waals surface area contributed by atoms with Crippen molar-refractivity contribution in [2.75, 3.05) is 19.6 Å². The van der Waals surface area contributed by atoms with Crippen molar-refractivity contribution in [3.63, 3.8) is 0 Å². The van der Waals surface area contributed by atoms with Gasteiger partial charge in [0, 0.05) is 32.0 Å². The summed E-state index contributed by atoms with van der Waals surface area (Å²) < 4.78 is 1.95. The number of hydrogen-bond acceptors (Lipinski definition) is 3. The number of rotatable bonds is 9. The summed E-state index contributed by atoms with van der Waals surface area (Å²) in [6.45, 7) is 8.59. The first kappa shape index (κ1) is 25.2. The lowest BCUT2D eigenvalue weighted by atomic mass is 10.1. The average molecular weight is 559 g/mol. The van der Waals surface area contributed by atoms with Gasteiger partial charge in [0.1, 0.15) is 0 Å². The van der Waals surface area contributed by atoms with Crippen molar-refractivity contribution >= 4 is 29.9 Å². The fourth-order valence-corrected chi connectivity index (χ4v) is 4.09. The number of nitrogens with one attached hydrogen (secondary N) is 2. The Kier molecular flexibility index (Phi) is 10.2. The fraction of sp³-hybridized carbons (Fsp3) is 0.385. The third-order valence-electron chi connectivity index (χ3n) is 5.85. The molecule has 2 heterocycles.